The fourth-order valence-electron chi connectivity index (χ4n) is 1.75. The van der Waals surface area contributed by atoms with Crippen LogP contribution in [0.15, 0.2) is 12.1 Å². The van der Waals surface area contributed by atoms with Crippen molar-refractivity contribution in [2.24, 2.45) is 0 Å². The molecule has 0 fully saturated rings. The van der Waals surface area contributed by atoms with Gasteiger partial charge in [-0.15, -0.1) is 0 Å². The van der Waals surface area contributed by atoms with E-state index in [9.17, 15) is 4.79 Å². The van der Waals surface area contributed by atoms with E-state index in [4.69, 9.17) is 25.8 Å². The van der Waals surface area contributed by atoms with Gasteiger partial charge in [0, 0.05) is 25.8 Å². The number of hydrogen-bond donors (Lipinski definition) is 2. The topological polar surface area (TPSA) is 68.8 Å². The van der Waals surface area contributed by atoms with E-state index < -0.39 is 0 Å². The van der Waals surface area contributed by atoms with E-state index >= 15 is 0 Å². The van der Waals surface area contributed by atoms with Crippen molar-refractivity contribution in [2.45, 2.75) is 19.8 Å². The lowest BCUT2D eigenvalue weighted by molar-refractivity contribution is 0.132. The van der Waals surface area contributed by atoms with Gasteiger partial charge in [-0.05, 0) is 18.9 Å². The Morgan fingerprint density at radius 1 is 1.18 bits per heavy atom. The number of amides is 2. The van der Waals surface area contributed by atoms with Crippen LogP contribution in [0.1, 0.15) is 19.8 Å². The normalized spacial score (nSPS) is 10.2. The second kappa shape index (κ2) is 10.1. The number of halogens is 1. The monoisotopic (exact) mass is 330 g/mol. The number of benzene rings is 1. The van der Waals surface area contributed by atoms with Crippen LogP contribution in [-0.4, -0.2) is 40.0 Å². The van der Waals surface area contributed by atoms with Crippen LogP contribution in [0.4, 0.5) is 10.5 Å². The summed E-state index contributed by atoms with van der Waals surface area (Å²) in [5.41, 5.74) is 0.480. The van der Waals surface area contributed by atoms with Crippen molar-refractivity contribution in [2.75, 3.05) is 39.3 Å². The second-order valence-electron chi connectivity index (χ2n) is 4.53. The zero-order valence-electron chi connectivity index (χ0n) is 13.2. The van der Waals surface area contributed by atoms with Gasteiger partial charge in [0.1, 0.15) is 11.5 Å². The molecule has 0 saturated carbocycles. The van der Waals surface area contributed by atoms with E-state index in [0.29, 0.717) is 35.4 Å². The van der Waals surface area contributed by atoms with Crippen LogP contribution in [0.2, 0.25) is 5.02 Å². The summed E-state index contributed by atoms with van der Waals surface area (Å²) in [5, 5.41) is 5.84. The van der Waals surface area contributed by atoms with Crippen molar-refractivity contribution in [3.05, 3.63) is 17.2 Å². The van der Waals surface area contributed by atoms with Crippen molar-refractivity contribution >= 4 is 23.3 Å². The molecule has 2 amide bonds. The minimum Gasteiger partial charge on any atom is -0.495 e. The molecule has 1 rings (SSSR count). The van der Waals surface area contributed by atoms with Crippen LogP contribution in [0, 0.1) is 0 Å². The van der Waals surface area contributed by atoms with Crippen molar-refractivity contribution in [1.29, 1.82) is 0 Å². The Hall–Kier alpha value is -1.66. The summed E-state index contributed by atoms with van der Waals surface area (Å²) >= 11 is 6.05. The van der Waals surface area contributed by atoms with Crippen LogP contribution in [0.3, 0.4) is 0 Å². The fraction of sp³-hybridized carbons (Fsp3) is 0.533. The molecule has 0 spiro atoms. The van der Waals surface area contributed by atoms with Gasteiger partial charge >= 0.3 is 6.03 Å². The van der Waals surface area contributed by atoms with Gasteiger partial charge in [0.2, 0.25) is 0 Å². The van der Waals surface area contributed by atoms with Crippen LogP contribution >= 0.6 is 11.6 Å². The third-order valence-corrected chi connectivity index (χ3v) is 3.12. The molecule has 0 aliphatic heterocycles. The lowest BCUT2D eigenvalue weighted by atomic mass is 10.2. The number of ether oxygens (including phenoxy) is 3. The first kappa shape index (κ1) is 18.4. The summed E-state index contributed by atoms with van der Waals surface area (Å²) in [6.07, 6.45) is 1.75. The van der Waals surface area contributed by atoms with Crippen LogP contribution < -0.4 is 20.1 Å². The summed E-state index contributed by atoms with van der Waals surface area (Å²) < 4.78 is 15.7. The molecule has 1 aromatic carbocycles. The smallest absolute Gasteiger partial charge is 0.319 e. The highest BCUT2D eigenvalue weighted by molar-refractivity contribution is 6.32. The molecule has 6 nitrogen and oxygen atoms in total. The molecule has 0 saturated heterocycles. The van der Waals surface area contributed by atoms with Crippen molar-refractivity contribution in [3.8, 4) is 11.5 Å². The van der Waals surface area contributed by atoms with Gasteiger partial charge in [-0.3, -0.25) is 0 Å². The second-order valence-corrected chi connectivity index (χ2v) is 4.94. The zero-order valence-corrected chi connectivity index (χ0v) is 14.0. The Morgan fingerprint density at radius 3 is 2.55 bits per heavy atom. The Morgan fingerprint density at radius 2 is 1.91 bits per heavy atom. The Bertz CT molecular complexity index is 483. The number of rotatable bonds is 9. The molecular weight excluding hydrogens is 308 g/mol. The summed E-state index contributed by atoms with van der Waals surface area (Å²) in [6, 6.07) is 2.88. The largest absolute Gasteiger partial charge is 0.495 e. The number of urea groups is 1. The van der Waals surface area contributed by atoms with Crippen LogP contribution in [-0.2, 0) is 4.74 Å². The third-order valence-electron chi connectivity index (χ3n) is 2.82. The molecule has 1 aromatic rings. The molecule has 22 heavy (non-hydrogen) atoms. The minimum atomic E-state index is -0.324. The zero-order chi connectivity index (χ0) is 16.4. The number of carbonyl (C=O) groups excluding carboxylic acids is 1. The summed E-state index contributed by atoms with van der Waals surface area (Å²) in [5.74, 6) is 0.959. The SMILES string of the molecule is CCCOCCCNC(=O)Nc1cc(Cl)c(OC)cc1OC. The summed E-state index contributed by atoms with van der Waals surface area (Å²) in [4.78, 5) is 11.8. The number of hydrogen-bond acceptors (Lipinski definition) is 4. The number of anilines is 1. The lowest BCUT2D eigenvalue weighted by Crippen LogP contribution is -2.30. The minimum absolute atomic E-state index is 0.324. The quantitative estimate of drug-likeness (QED) is 0.682. The van der Waals surface area contributed by atoms with E-state index in [2.05, 4.69) is 17.6 Å². The van der Waals surface area contributed by atoms with Crippen LogP contribution in [0.5, 0.6) is 11.5 Å². The molecule has 0 aliphatic rings. The molecule has 0 aromatic heterocycles. The van der Waals surface area contributed by atoms with Crippen molar-refractivity contribution < 1.29 is 19.0 Å². The van der Waals surface area contributed by atoms with Crippen LogP contribution in [0.25, 0.3) is 0 Å². The van der Waals surface area contributed by atoms with E-state index in [1.54, 1.807) is 12.1 Å². The summed E-state index contributed by atoms with van der Waals surface area (Å²) in [7, 11) is 3.03. The Kier molecular flexibility index (Phi) is 8.47. The highest BCUT2D eigenvalue weighted by atomic mass is 35.5. The molecule has 2 N–H and O–H groups in total. The Labute approximate surface area is 136 Å². The third kappa shape index (κ3) is 5.99. The van der Waals surface area contributed by atoms with Gasteiger partial charge in [0.25, 0.3) is 0 Å². The highest BCUT2D eigenvalue weighted by Gasteiger charge is 2.12. The lowest BCUT2D eigenvalue weighted by Gasteiger charge is -2.13. The number of nitrogens with one attached hydrogen (secondary N) is 2. The number of methoxy groups -OCH3 is 2. The average molecular weight is 331 g/mol. The first-order valence-electron chi connectivity index (χ1n) is 7.16. The first-order chi connectivity index (χ1) is 10.6. The van der Waals surface area contributed by atoms with Gasteiger partial charge in [-0.2, -0.15) is 0 Å². The predicted octanol–water partition coefficient (Wildman–Crippen LogP) is 3.30. The van der Waals surface area contributed by atoms with Gasteiger partial charge in [-0.1, -0.05) is 18.5 Å². The average Bonchev–Trinajstić information content (AvgIpc) is 2.51. The maximum atomic E-state index is 11.8. The molecule has 0 unspecified atom stereocenters. The maximum Gasteiger partial charge on any atom is 0.319 e. The summed E-state index contributed by atoms with van der Waals surface area (Å²) in [6.45, 7) is 3.96. The predicted molar refractivity (Wildman–Crippen MR) is 87.3 cm³/mol. The van der Waals surface area contributed by atoms with E-state index in [1.165, 1.54) is 14.2 Å². The highest BCUT2D eigenvalue weighted by Crippen LogP contribution is 2.35. The molecule has 7 heteroatoms. The van der Waals surface area contributed by atoms with Gasteiger partial charge in [0.15, 0.2) is 0 Å². The standard InChI is InChI=1S/C15H23ClN2O4/c1-4-7-22-8-5-6-17-15(19)18-12-9-11(16)13(20-2)10-14(12)21-3/h9-10H,4-8H2,1-3H3,(H2,17,18,19). The van der Waals surface area contributed by atoms with Crippen molar-refractivity contribution in [3.63, 3.8) is 0 Å². The molecule has 0 atom stereocenters. The number of carbonyl (C=O) groups is 1. The molecule has 124 valence electrons. The van der Waals surface area contributed by atoms with E-state index in [0.717, 1.165) is 19.4 Å². The van der Waals surface area contributed by atoms with E-state index in [-0.39, 0.29) is 6.03 Å². The molecule has 0 heterocycles. The van der Waals surface area contributed by atoms with Gasteiger partial charge in [-0.25, -0.2) is 4.79 Å². The van der Waals surface area contributed by atoms with Gasteiger partial charge in [0.05, 0.1) is 24.9 Å². The van der Waals surface area contributed by atoms with E-state index in [1.807, 2.05) is 0 Å². The van der Waals surface area contributed by atoms with Gasteiger partial charge < -0.3 is 24.8 Å². The molecule has 0 bridgehead atoms. The first-order valence-corrected chi connectivity index (χ1v) is 7.54. The molecular formula is C15H23ClN2O4. The molecule has 0 aliphatic carbocycles. The fourth-order valence-corrected chi connectivity index (χ4v) is 1.99. The maximum absolute atomic E-state index is 11.8. The molecule has 0 radical (unpaired) electrons. The Balaban J connectivity index is 2.48. The van der Waals surface area contributed by atoms with Crippen molar-refractivity contribution in [1.82, 2.24) is 5.32 Å².